The first-order valence-corrected chi connectivity index (χ1v) is 5.38. The lowest BCUT2D eigenvalue weighted by Gasteiger charge is -2.28. The van der Waals surface area contributed by atoms with Crippen LogP contribution in [-0.4, -0.2) is 27.3 Å². The van der Waals surface area contributed by atoms with E-state index in [0.29, 0.717) is 0 Å². The summed E-state index contributed by atoms with van der Waals surface area (Å²) in [5.74, 6) is 0. The van der Waals surface area contributed by atoms with Crippen LogP contribution in [0.5, 0.6) is 0 Å². The lowest BCUT2D eigenvalue weighted by molar-refractivity contribution is 0.0925. The van der Waals surface area contributed by atoms with E-state index in [2.05, 4.69) is 42.6 Å². The third kappa shape index (κ3) is 4.02. The van der Waals surface area contributed by atoms with Gasteiger partial charge in [-0.15, -0.1) is 0 Å². The second-order valence-electron chi connectivity index (χ2n) is 4.44. The maximum atomic E-state index is 5.29. The summed E-state index contributed by atoms with van der Waals surface area (Å²) in [6, 6.07) is 10.6. The zero-order chi connectivity index (χ0) is 11.1. The van der Waals surface area contributed by atoms with Crippen LogP contribution in [0.4, 0.5) is 0 Å². The molecule has 0 aliphatic heterocycles. The molecule has 0 radical (unpaired) electrons. The summed E-state index contributed by atoms with van der Waals surface area (Å²) in [6.45, 7) is 4.00. The number of ether oxygens (including phenoxy) is 1. The van der Waals surface area contributed by atoms with E-state index in [1.807, 2.05) is 7.05 Å². The minimum Gasteiger partial charge on any atom is -0.384 e. The minimum atomic E-state index is 0.171. The van der Waals surface area contributed by atoms with Gasteiger partial charge in [0, 0.05) is 19.1 Å². The Morgan fingerprint density at radius 3 is 2.47 bits per heavy atom. The third-order valence-electron chi connectivity index (χ3n) is 2.57. The zero-order valence-electron chi connectivity index (χ0n) is 9.92. The van der Waals surface area contributed by atoms with Gasteiger partial charge in [-0.2, -0.15) is 0 Å². The summed E-state index contributed by atoms with van der Waals surface area (Å²) in [4.78, 5) is 0. The largest absolute Gasteiger partial charge is 0.384 e. The summed E-state index contributed by atoms with van der Waals surface area (Å²) < 4.78 is 5.29. The van der Waals surface area contributed by atoms with Gasteiger partial charge in [-0.05, 0) is 19.0 Å². The molecule has 1 aromatic rings. The van der Waals surface area contributed by atoms with Gasteiger partial charge in [0.15, 0.2) is 0 Å². The van der Waals surface area contributed by atoms with Crippen molar-refractivity contribution >= 4 is 0 Å². The Hall–Kier alpha value is -0.860. The van der Waals surface area contributed by atoms with Gasteiger partial charge in [0.25, 0.3) is 0 Å². The molecule has 0 saturated carbocycles. The van der Waals surface area contributed by atoms with Crippen LogP contribution in [0.15, 0.2) is 30.3 Å². The smallest absolute Gasteiger partial charge is 0.0531 e. The Morgan fingerprint density at radius 2 is 1.93 bits per heavy atom. The van der Waals surface area contributed by atoms with E-state index in [1.165, 1.54) is 5.56 Å². The van der Waals surface area contributed by atoms with Crippen LogP contribution < -0.4 is 5.32 Å². The average molecular weight is 207 g/mol. The van der Waals surface area contributed by atoms with Gasteiger partial charge in [-0.25, -0.2) is 0 Å². The fourth-order valence-electron chi connectivity index (χ4n) is 2.03. The normalized spacial score (nSPS) is 14.9. The van der Waals surface area contributed by atoms with E-state index in [0.717, 1.165) is 19.6 Å². The first-order chi connectivity index (χ1) is 7.20. The van der Waals surface area contributed by atoms with E-state index in [9.17, 15) is 0 Å². The fraction of sp³-hybridized carbons (Fsp3) is 0.538. The first-order valence-electron chi connectivity index (χ1n) is 5.38. The van der Waals surface area contributed by atoms with Crippen molar-refractivity contribution in [3.8, 4) is 0 Å². The van der Waals surface area contributed by atoms with Gasteiger partial charge < -0.3 is 10.1 Å². The van der Waals surface area contributed by atoms with Crippen LogP contribution in [0.3, 0.4) is 0 Å². The lowest BCUT2D eigenvalue weighted by atomic mass is 9.84. The first kappa shape index (κ1) is 12.2. The highest BCUT2D eigenvalue weighted by molar-refractivity contribution is 5.16. The lowest BCUT2D eigenvalue weighted by Crippen LogP contribution is -2.35. The van der Waals surface area contributed by atoms with E-state index < -0.39 is 0 Å². The predicted molar refractivity (Wildman–Crippen MR) is 64.1 cm³/mol. The fourth-order valence-corrected chi connectivity index (χ4v) is 2.03. The van der Waals surface area contributed by atoms with Gasteiger partial charge in [0.1, 0.15) is 0 Å². The SMILES string of the molecule is CNCC(C)(COC)Cc1ccccc1. The summed E-state index contributed by atoms with van der Waals surface area (Å²) >= 11 is 0. The van der Waals surface area contributed by atoms with E-state index >= 15 is 0 Å². The van der Waals surface area contributed by atoms with Crippen molar-refractivity contribution < 1.29 is 4.74 Å². The van der Waals surface area contributed by atoms with Crippen molar-refractivity contribution in [3.63, 3.8) is 0 Å². The van der Waals surface area contributed by atoms with Gasteiger partial charge in [-0.1, -0.05) is 37.3 Å². The highest BCUT2D eigenvalue weighted by Crippen LogP contribution is 2.22. The topological polar surface area (TPSA) is 21.3 Å². The van der Waals surface area contributed by atoms with Gasteiger partial charge in [-0.3, -0.25) is 0 Å². The van der Waals surface area contributed by atoms with E-state index in [4.69, 9.17) is 4.74 Å². The van der Waals surface area contributed by atoms with E-state index in [-0.39, 0.29) is 5.41 Å². The molecule has 0 aliphatic carbocycles. The van der Waals surface area contributed by atoms with Crippen LogP contribution >= 0.6 is 0 Å². The Bertz CT molecular complexity index is 265. The van der Waals surface area contributed by atoms with Gasteiger partial charge in [0.05, 0.1) is 6.61 Å². The maximum absolute atomic E-state index is 5.29. The van der Waals surface area contributed by atoms with Crippen LogP contribution in [0, 0.1) is 5.41 Å². The van der Waals surface area contributed by atoms with Crippen molar-refractivity contribution in [1.82, 2.24) is 5.32 Å². The zero-order valence-corrected chi connectivity index (χ0v) is 9.92. The highest BCUT2D eigenvalue weighted by atomic mass is 16.5. The number of benzene rings is 1. The average Bonchev–Trinajstić information content (AvgIpc) is 2.19. The highest BCUT2D eigenvalue weighted by Gasteiger charge is 2.23. The molecule has 0 aromatic heterocycles. The molecule has 0 saturated heterocycles. The Labute approximate surface area is 92.6 Å². The van der Waals surface area contributed by atoms with Crippen LogP contribution in [0.1, 0.15) is 12.5 Å². The second kappa shape index (κ2) is 5.89. The molecule has 1 unspecified atom stereocenters. The molecule has 0 spiro atoms. The molecule has 0 heterocycles. The van der Waals surface area contributed by atoms with Crippen molar-refractivity contribution in [3.05, 3.63) is 35.9 Å². The molecule has 1 aromatic carbocycles. The molecule has 2 heteroatoms. The maximum Gasteiger partial charge on any atom is 0.0531 e. The summed E-state index contributed by atoms with van der Waals surface area (Å²) in [5.41, 5.74) is 1.54. The predicted octanol–water partition coefficient (Wildman–Crippen LogP) is 2.10. The molecular formula is C13H21NO. The quantitative estimate of drug-likeness (QED) is 0.771. The van der Waals surface area contributed by atoms with Gasteiger partial charge in [0.2, 0.25) is 0 Å². The molecule has 1 N–H and O–H groups in total. The number of rotatable bonds is 6. The van der Waals surface area contributed by atoms with Crippen molar-refractivity contribution in [1.29, 1.82) is 0 Å². The molecule has 0 aliphatic rings. The molecule has 1 rings (SSSR count). The minimum absolute atomic E-state index is 0.171. The number of hydrogen-bond acceptors (Lipinski definition) is 2. The second-order valence-corrected chi connectivity index (χ2v) is 4.44. The number of hydrogen-bond donors (Lipinski definition) is 1. The van der Waals surface area contributed by atoms with Crippen LogP contribution in [0.2, 0.25) is 0 Å². The van der Waals surface area contributed by atoms with Crippen LogP contribution in [0.25, 0.3) is 0 Å². The monoisotopic (exact) mass is 207 g/mol. The van der Waals surface area contributed by atoms with Crippen molar-refractivity contribution in [2.24, 2.45) is 5.41 Å². The molecule has 0 fully saturated rings. The number of nitrogens with one attached hydrogen (secondary N) is 1. The Kier molecular flexibility index (Phi) is 4.79. The molecular weight excluding hydrogens is 186 g/mol. The molecule has 0 bridgehead atoms. The van der Waals surface area contributed by atoms with Crippen molar-refractivity contribution in [2.75, 3.05) is 27.3 Å². The Balaban J connectivity index is 2.66. The molecule has 0 amide bonds. The van der Waals surface area contributed by atoms with Crippen molar-refractivity contribution in [2.45, 2.75) is 13.3 Å². The van der Waals surface area contributed by atoms with Gasteiger partial charge >= 0.3 is 0 Å². The summed E-state index contributed by atoms with van der Waals surface area (Å²) in [6.07, 6.45) is 1.04. The van der Waals surface area contributed by atoms with Crippen LogP contribution in [-0.2, 0) is 11.2 Å². The molecule has 15 heavy (non-hydrogen) atoms. The summed E-state index contributed by atoms with van der Waals surface area (Å²) in [7, 11) is 3.75. The Morgan fingerprint density at radius 1 is 1.27 bits per heavy atom. The molecule has 84 valence electrons. The van der Waals surface area contributed by atoms with E-state index in [1.54, 1.807) is 7.11 Å². The molecule has 1 atom stereocenters. The number of methoxy groups -OCH3 is 1. The third-order valence-corrected chi connectivity index (χ3v) is 2.57. The summed E-state index contributed by atoms with van der Waals surface area (Å²) in [5, 5.41) is 3.23. The standard InChI is InChI=1S/C13H21NO/c1-13(10-14-2,11-15-3)9-12-7-5-4-6-8-12/h4-8,14H,9-11H2,1-3H3. The molecule has 2 nitrogen and oxygen atoms in total.